The molecule has 2 heterocycles. The van der Waals surface area contributed by atoms with Gasteiger partial charge in [0.2, 0.25) is 17.6 Å². The number of nitrogens with zero attached hydrogens (tertiary/aromatic N) is 4. The van der Waals surface area contributed by atoms with Crippen LogP contribution in [0.1, 0.15) is 24.8 Å². The summed E-state index contributed by atoms with van der Waals surface area (Å²) in [5.41, 5.74) is 1.99. The summed E-state index contributed by atoms with van der Waals surface area (Å²) in [7, 11) is 1.67. The van der Waals surface area contributed by atoms with Gasteiger partial charge in [0.1, 0.15) is 6.54 Å². The smallest absolute Gasteiger partial charge is 0.317 e. The maximum absolute atomic E-state index is 12.3. The van der Waals surface area contributed by atoms with Crippen LogP contribution in [-0.2, 0) is 11.3 Å². The monoisotopic (exact) mass is 371 g/mol. The average molecular weight is 371 g/mol. The van der Waals surface area contributed by atoms with Crippen molar-refractivity contribution in [1.29, 1.82) is 0 Å². The molecular formula is C19H25N5O3. The molecule has 1 atom stereocenters. The van der Waals surface area contributed by atoms with Crippen molar-refractivity contribution in [2.45, 2.75) is 26.8 Å². The number of nitrogens with one attached hydrogen (secondary N) is 1. The second-order valence-corrected chi connectivity index (χ2v) is 6.93. The van der Waals surface area contributed by atoms with Gasteiger partial charge in [-0.05, 0) is 19.9 Å². The maximum atomic E-state index is 12.3. The lowest BCUT2D eigenvalue weighted by atomic mass is 10.1. The summed E-state index contributed by atoms with van der Waals surface area (Å²) in [6.07, 6.45) is 0.487. The van der Waals surface area contributed by atoms with Crippen LogP contribution in [0.4, 0.5) is 4.79 Å². The highest BCUT2D eigenvalue weighted by molar-refractivity contribution is 5.79. The van der Waals surface area contributed by atoms with Crippen molar-refractivity contribution < 1.29 is 14.1 Å². The minimum Gasteiger partial charge on any atom is -0.343 e. The minimum atomic E-state index is -0.229. The third-order valence-corrected chi connectivity index (χ3v) is 4.68. The summed E-state index contributed by atoms with van der Waals surface area (Å²) in [6, 6.07) is 7.61. The topological polar surface area (TPSA) is 91.6 Å². The van der Waals surface area contributed by atoms with Gasteiger partial charge in [-0.25, -0.2) is 4.79 Å². The predicted octanol–water partition coefficient (Wildman–Crippen LogP) is 2.05. The molecule has 8 heteroatoms. The van der Waals surface area contributed by atoms with E-state index in [0.717, 1.165) is 11.1 Å². The molecule has 27 heavy (non-hydrogen) atoms. The number of benzene rings is 1. The van der Waals surface area contributed by atoms with Gasteiger partial charge in [-0.15, -0.1) is 0 Å². The van der Waals surface area contributed by atoms with E-state index in [2.05, 4.69) is 15.5 Å². The molecule has 2 aromatic rings. The summed E-state index contributed by atoms with van der Waals surface area (Å²) in [5, 5.41) is 6.86. The lowest BCUT2D eigenvalue weighted by Crippen LogP contribution is -2.39. The number of carbonyl (C=O) groups excluding carboxylic acids is 2. The van der Waals surface area contributed by atoms with E-state index in [1.165, 1.54) is 4.90 Å². The van der Waals surface area contributed by atoms with Crippen LogP contribution in [0.5, 0.6) is 0 Å². The van der Waals surface area contributed by atoms with Crippen LogP contribution in [0.25, 0.3) is 11.4 Å². The standard InChI is InChI=1S/C19H25N5O3/c1-4-24-11-14(9-17(24)25)10-20-19(26)23(3)12-16-21-18(22-27-16)15-7-5-6-13(2)8-15/h5-8,14H,4,9-12H2,1-3H3,(H,20,26)/t14-/m1/s1. The zero-order chi connectivity index (χ0) is 19.4. The molecule has 1 aromatic carbocycles. The number of urea groups is 1. The molecular weight excluding hydrogens is 346 g/mol. The van der Waals surface area contributed by atoms with Crippen LogP contribution < -0.4 is 5.32 Å². The fourth-order valence-corrected chi connectivity index (χ4v) is 3.16. The third kappa shape index (κ3) is 4.64. The number of amides is 3. The third-order valence-electron chi connectivity index (χ3n) is 4.68. The molecule has 0 saturated carbocycles. The fraction of sp³-hybridized carbons (Fsp3) is 0.474. The molecule has 1 aliphatic heterocycles. The van der Waals surface area contributed by atoms with E-state index < -0.39 is 0 Å². The maximum Gasteiger partial charge on any atom is 0.317 e. The van der Waals surface area contributed by atoms with Crippen LogP contribution >= 0.6 is 0 Å². The molecule has 0 aliphatic carbocycles. The summed E-state index contributed by atoms with van der Waals surface area (Å²) >= 11 is 0. The van der Waals surface area contributed by atoms with Crippen LogP contribution in [0.15, 0.2) is 28.8 Å². The molecule has 8 nitrogen and oxygen atoms in total. The van der Waals surface area contributed by atoms with Crippen molar-refractivity contribution in [3.8, 4) is 11.4 Å². The van der Waals surface area contributed by atoms with Crippen molar-refractivity contribution in [2.75, 3.05) is 26.7 Å². The lowest BCUT2D eigenvalue weighted by molar-refractivity contribution is -0.127. The number of hydrogen-bond acceptors (Lipinski definition) is 5. The van der Waals surface area contributed by atoms with Gasteiger partial charge in [-0.2, -0.15) is 4.98 Å². The quantitative estimate of drug-likeness (QED) is 0.839. The van der Waals surface area contributed by atoms with E-state index in [4.69, 9.17) is 4.52 Å². The second kappa shape index (κ2) is 8.20. The molecule has 0 bridgehead atoms. The SMILES string of the molecule is CCN1C[C@@H](CNC(=O)N(C)Cc2nc(-c3cccc(C)c3)no2)CC1=O. The molecule has 0 spiro atoms. The van der Waals surface area contributed by atoms with Gasteiger partial charge in [0.25, 0.3) is 0 Å². The molecule has 1 fully saturated rings. The molecule has 0 radical (unpaired) electrons. The van der Waals surface area contributed by atoms with Gasteiger partial charge in [0.15, 0.2) is 0 Å². The Hall–Kier alpha value is -2.90. The van der Waals surface area contributed by atoms with Crippen LogP contribution in [0.3, 0.4) is 0 Å². The highest BCUT2D eigenvalue weighted by atomic mass is 16.5. The van der Waals surface area contributed by atoms with Gasteiger partial charge < -0.3 is 19.6 Å². The van der Waals surface area contributed by atoms with E-state index in [1.807, 2.05) is 43.0 Å². The molecule has 1 saturated heterocycles. The highest BCUT2D eigenvalue weighted by Crippen LogP contribution is 2.18. The van der Waals surface area contributed by atoms with Crippen LogP contribution in [0, 0.1) is 12.8 Å². The first kappa shape index (κ1) is 18.9. The average Bonchev–Trinajstić information content (AvgIpc) is 3.26. The molecule has 1 aromatic heterocycles. The van der Waals surface area contributed by atoms with Crippen molar-refractivity contribution in [3.63, 3.8) is 0 Å². The molecule has 1 N–H and O–H groups in total. The fourth-order valence-electron chi connectivity index (χ4n) is 3.16. The molecule has 144 valence electrons. The Bertz CT molecular complexity index is 819. The van der Waals surface area contributed by atoms with Crippen molar-refractivity contribution in [1.82, 2.24) is 25.3 Å². The van der Waals surface area contributed by atoms with Gasteiger partial charge >= 0.3 is 6.03 Å². The zero-order valence-electron chi connectivity index (χ0n) is 15.9. The van der Waals surface area contributed by atoms with Crippen molar-refractivity contribution in [3.05, 3.63) is 35.7 Å². The Kier molecular flexibility index (Phi) is 5.73. The molecule has 1 aliphatic rings. The van der Waals surface area contributed by atoms with Gasteiger partial charge in [0.05, 0.1) is 0 Å². The van der Waals surface area contributed by atoms with Crippen molar-refractivity contribution in [2.24, 2.45) is 5.92 Å². The number of carbonyl (C=O) groups is 2. The van der Waals surface area contributed by atoms with Crippen LogP contribution in [0.2, 0.25) is 0 Å². The van der Waals surface area contributed by atoms with E-state index >= 15 is 0 Å². The zero-order valence-corrected chi connectivity index (χ0v) is 15.9. The number of aryl methyl sites for hydroxylation is 1. The first-order valence-corrected chi connectivity index (χ1v) is 9.12. The largest absolute Gasteiger partial charge is 0.343 e. The summed E-state index contributed by atoms with van der Waals surface area (Å²) in [5.74, 6) is 1.19. The minimum absolute atomic E-state index is 0.152. The lowest BCUT2D eigenvalue weighted by Gasteiger charge is -2.18. The van der Waals surface area contributed by atoms with Gasteiger partial charge in [0, 0.05) is 44.6 Å². The summed E-state index contributed by atoms with van der Waals surface area (Å²) in [6.45, 7) is 6.06. The Morgan fingerprint density at radius 3 is 2.96 bits per heavy atom. The molecule has 3 amide bonds. The second-order valence-electron chi connectivity index (χ2n) is 6.93. The number of likely N-dealkylation sites (tertiary alicyclic amines) is 1. The highest BCUT2D eigenvalue weighted by Gasteiger charge is 2.28. The normalized spacial score (nSPS) is 16.6. The Morgan fingerprint density at radius 2 is 2.26 bits per heavy atom. The Morgan fingerprint density at radius 1 is 1.44 bits per heavy atom. The number of aromatic nitrogens is 2. The molecule has 0 unspecified atom stereocenters. The van der Waals surface area contributed by atoms with Crippen LogP contribution in [-0.4, -0.2) is 58.6 Å². The van der Waals surface area contributed by atoms with Gasteiger partial charge in [-0.1, -0.05) is 28.9 Å². The summed E-state index contributed by atoms with van der Waals surface area (Å²) in [4.78, 5) is 31.7. The Labute approximate surface area is 158 Å². The predicted molar refractivity (Wildman–Crippen MR) is 99.7 cm³/mol. The Balaban J connectivity index is 1.51. The first-order chi connectivity index (χ1) is 13.0. The number of hydrogen-bond donors (Lipinski definition) is 1. The van der Waals surface area contributed by atoms with E-state index in [-0.39, 0.29) is 24.4 Å². The van der Waals surface area contributed by atoms with E-state index in [0.29, 0.717) is 37.8 Å². The number of rotatable bonds is 6. The molecule has 3 rings (SSSR count). The van der Waals surface area contributed by atoms with Crippen molar-refractivity contribution >= 4 is 11.9 Å². The summed E-state index contributed by atoms with van der Waals surface area (Å²) < 4.78 is 5.27. The van der Waals surface area contributed by atoms with Gasteiger partial charge in [-0.3, -0.25) is 4.79 Å². The van der Waals surface area contributed by atoms with E-state index in [1.54, 1.807) is 7.05 Å². The first-order valence-electron chi connectivity index (χ1n) is 9.12. The van der Waals surface area contributed by atoms with E-state index in [9.17, 15) is 9.59 Å².